The lowest BCUT2D eigenvalue weighted by Gasteiger charge is -2.03. The third-order valence-electron chi connectivity index (χ3n) is 3.19. The van der Waals surface area contributed by atoms with Crippen molar-refractivity contribution in [3.05, 3.63) is 63.3 Å². The molecule has 0 bridgehead atoms. The molecule has 0 aliphatic rings. The van der Waals surface area contributed by atoms with E-state index in [0.29, 0.717) is 12.1 Å². The van der Waals surface area contributed by atoms with Crippen LogP contribution in [0.25, 0.3) is 11.5 Å². The monoisotopic (exact) mass is 329 g/mol. The topological polar surface area (TPSA) is 77.1 Å². The van der Waals surface area contributed by atoms with Gasteiger partial charge in [-0.1, -0.05) is 24.3 Å². The van der Waals surface area contributed by atoms with E-state index in [-0.39, 0.29) is 18.3 Å². The summed E-state index contributed by atoms with van der Waals surface area (Å²) in [6, 6.07) is 13.1. The minimum Gasteiger partial charge on any atom is -0.388 e. The molecule has 0 atom stereocenters. The first-order valence-corrected chi connectivity index (χ1v) is 8.03. The number of amides is 1. The second-order valence-corrected chi connectivity index (χ2v) is 5.91. The molecule has 0 radical (unpaired) electrons. The van der Waals surface area contributed by atoms with Crippen molar-refractivity contribution in [3.63, 3.8) is 0 Å². The van der Waals surface area contributed by atoms with Crippen molar-refractivity contribution in [3.8, 4) is 11.5 Å². The van der Waals surface area contributed by atoms with Gasteiger partial charge in [0, 0.05) is 17.0 Å². The maximum absolute atomic E-state index is 11.9. The number of hydrogen-bond donors (Lipinski definition) is 1. The molecule has 2 aromatic heterocycles. The highest BCUT2D eigenvalue weighted by Crippen LogP contribution is 2.13. The van der Waals surface area contributed by atoms with Crippen LogP contribution in [0.15, 0.2) is 57.1 Å². The zero-order valence-electron chi connectivity index (χ0n) is 12.3. The minimum atomic E-state index is -0.641. The molecule has 118 valence electrons. The van der Waals surface area contributed by atoms with Gasteiger partial charge in [0.05, 0.1) is 0 Å². The van der Waals surface area contributed by atoms with Gasteiger partial charge in [-0.3, -0.25) is 4.79 Å². The van der Waals surface area contributed by atoms with Crippen LogP contribution in [0, 0.1) is 0 Å². The van der Waals surface area contributed by atoms with Crippen LogP contribution in [0.1, 0.15) is 4.88 Å². The summed E-state index contributed by atoms with van der Waals surface area (Å²) in [7, 11) is 0. The average Bonchev–Trinajstić information content (AvgIpc) is 3.19. The Morgan fingerprint density at radius 1 is 1.22 bits per heavy atom. The molecule has 0 saturated carbocycles. The molecule has 3 aromatic rings. The molecule has 3 rings (SSSR count). The molecule has 6 nitrogen and oxygen atoms in total. The molecule has 23 heavy (non-hydrogen) atoms. The highest BCUT2D eigenvalue weighted by atomic mass is 32.1. The molecule has 1 aromatic carbocycles. The first kappa shape index (κ1) is 15.2. The Morgan fingerprint density at radius 3 is 2.78 bits per heavy atom. The summed E-state index contributed by atoms with van der Waals surface area (Å²) >= 11 is 1.65. The smallest absolute Gasteiger partial charge is 0.388 e. The van der Waals surface area contributed by atoms with Gasteiger partial charge in [0.15, 0.2) is 0 Å². The SMILES string of the molecule is O=C(Cn1nc(-c2ccccc2)oc1=O)NCCc1cccs1. The van der Waals surface area contributed by atoms with Gasteiger partial charge in [0.25, 0.3) is 0 Å². The van der Waals surface area contributed by atoms with Gasteiger partial charge in [0.2, 0.25) is 11.8 Å². The van der Waals surface area contributed by atoms with E-state index in [0.717, 1.165) is 11.1 Å². The molecule has 0 aliphatic heterocycles. The highest BCUT2D eigenvalue weighted by molar-refractivity contribution is 7.09. The number of benzene rings is 1. The summed E-state index contributed by atoms with van der Waals surface area (Å²) in [5, 5.41) is 8.83. The lowest BCUT2D eigenvalue weighted by atomic mass is 10.2. The van der Waals surface area contributed by atoms with Crippen molar-refractivity contribution in [2.75, 3.05) is 6.54 Å². The van der Waals surface area contributed by atoms with E-state index in [1.165, 1.54) is 4.88 Å². The quantitative estimate of drug-likeness (QED) is 0.749. The normalized spacial score (nSPS) is 10.6. The van der Waals surface area contributed by atoms with Crippen LogP contribution >= 0.6 is 11.3 Å². The van der Waals surface area contributed by atoms with Crippen molar-refractivity contribution in [1.29, 1.82) is 0 Å². The fourth-order valence-electron chi connectivity index (χ4n) is 2.08. The number of thiophene rings is 1. The van der Waals surface area contributed by atoms with Gasteiger partial charge in [-0.05, 0) is 30.0 Å². The van der Waals surface area contributed by atoms with Gasteiger partial charge in [0.1, 0.15) is 6.54 Å². The summed E-state index contributed by atoms with van der Waals surface area (Å²) in [4.78, 5) is 24.9. The van der Waals surface area contributed by atoms with Crippen LogP contribution in [0.5, 0.6) is 0 Å². The summed E-state index contributed by atoms with van der Waals surface area (Å²) in [6.07, 6.45) is 0.770. The molecule has 0 saturated heterocycles. The van der Waals surface area contributed by atoms with Crippen LogP contribution in [0.3, 0.4) is 0 Å². The van der Waals surface area contributed by atoms with Crippen molar-refractivity contribution in [2.45, 2.75) is 13.0 Å². The molecule has 0 fully saturated rings. The predicted octanol–water partition coefficient (Wildman–Crippen LogP) is 1.92. The standard InChI is InChI=1S/C16H15N3O3S/c20-14(17-9-8-13-7-4-10-23-13)11-19-16(21)22-15(18-19)12-5-2-1-3-6-12/h1-7,10H,8-9,11H2,(H,17,20). The van der Waals surface area contributed by atoms with Crippen molar-refractivity contribution in [1.82, 2.24) is 15.1 Å². The number of carbonyl (C=O) groups is 1. The number of aromatic nitrogens is 2. The number of carbonyl (C=O) groups excluding carboxylic acids is 1. The van der Waals surface area contributed by atoms with Crippen LogP contribution in [0.4, 0.5) is 0 Å². The Morgan fingerprint density at radius 2 is 2.04 bits per heavy atom. The fourth-order valence-corrected chi connectivity index (χ4v) is 2.78. The average molecular weight is 329 g/mol. The number of rotatable bonds is 6. The summed E-state index contributed by atoms with van der Waals surface area (Å²) in [5.41, 5.74) is 0.696. The van der Waals surface area contributed by atoms with Crippen LogP contribution in [-0.4, -0.2) is 22.2 Å². The third-order valence-corrected chi connectivity index (χ3v) is 4.13. The zero-order valence-corrected chi connectivity index (χ0v) is 13.1. The number of nitrogens with zero attached hydrogens (tertiary/aromatic N) is 2. The Bertz CT molecular complexity index is 822. The van der Waals surface area contributed by atoms with Crippen LogP contribution in [0.2, 0.25) is 0 Å². The van der Waals surface area contributed by atoms with E-state index in [2.05, 4.69) is 10.4 Å². The largest absolute Gasteiger partial charge is 0.437 e. The molecule has 1 amide bonds. The summed E-state index contributed by atoms with van der Waals surface area (Å²) in [5.74, 6) is -0.698. The Kier molecular flexibility index (Phi) is 4.68. The van der Waals surface area contributed by atoms with E-state index in [9.17, 15) is 9.59 Å². The van der Waals surface area contributed by atoms with E-state index >= 15 is 0 Å². The van der Waals surface area contributed by atoms with Crippen molar-refractivity contribution >= 4 is 17.2 Å². The third kappa shape index (κ3) is 3.95. The Balaban J connectivity index is 1.58. The molecular formula is C16H15N3O3S. The fraction of sp³-hybridized carbons (Fsp3) is 0.188. The molecule has 0 aliphatic carbocycles. The summed E-state index contributed by atoms with van der Waals surface area (Å²) < 4.78 is 6.11. The van der Waals surface area contributed by atoms with E-state index in [1.54, 1.807) is 23.5 Å². The van der Waals surface area contributed by atoms with Gasteiger partial charge >= 0.3 is 5.76 Å². The lowest BCUT2D eigenvalue weighted by Crippen LogP contribution is -2.32. The van der Waals surface area contributed by atoms with Crippen LogP contribution in [-0.2, 0) is 17.8 Å². The first-order chi connectivity index (χ1) is 11.2. The lowest BCUT2D eigenvalue weighted by molar-refractivity contribution is -0.121. The molecule has 7 heteroatoms. The Hall–Kier alpha value is -2.67. The minimum absolute atomic E-state index is 0.153. The second kappa shape index (κ2) is 7.06. The van der Waals surface area contributed by atoms with E-state index in [1.807, 2.05) is 35.7 Å². The Labute approximate surface area is 136 Å². The van der Waals surface area contributed by atoms with E-state index < -0.39 is 5.76 Å². The van der Waals surface area contributed by atoms with Gasteiger partial charge in [-0.2, -0.15) is 4.68 Å². The van der Waals surface area contributed by atoms with Gasteiger partial charge in [-0.15, -0.1) is 16.4 Å². The number of hydrogen-bond acceptors (Lipinski definition) is 5. The van der Waals surface area contributed by atoms with Crippen LogP contribution < -0.4 is 11.1 Å². The maximum atomic E-state index is 11.9. The molecule has 0 spiro atoms. The number of nitrogens with one attached hydrogen (secondary N) is 1. The molecule has 2 heterocycles. The summed E-state index contributed by atoms with van der Waals surface area (Å²) in [6.45, 7) is 0.372. The maximum Gasteiger partial charge on any atom is 0.437 e. The van der Waals surface area contributed by atoms with E-state index in [4.69, 9.17) is 4.42 Å². The second-order valence-electron chi connectivity index (χ2n) is 4.88. The first-order valence-electron chi connectivity index (χ1n) is 7.15. The van der Waals surface area contributed by atoms with Gasteiger partial charge < -0.3 is 9.73 Å². The van der Waals surface area contributed by atoms with Gasteiger partial charge in [-0.25, -0.2) is 4.79 Å². The van der Waals surface area contributed by atoms with Crippen molar-refractivity contribution in [2.24, 2.45) is 0 Å². The van der Waals surface area contributed by atoms with Crippen molar-refractivity contribution < 1.29 is 9.21 Å². The molecule has 0 unspecified atom stereocenters. The predicted molar refractivity (Wildman–Crippen MR) is 87.2 cm³/mol. The highest BCUT2D eigenvalue weighted by Gasteiger charge is 2.12. The molecule has 1 N–H and O–H groups in total. The molecular weight excluding hydrogens is 314 g/mol. The zero-order chi connectivity index (χ0) is 16.1.